The first-order chi connectivity index (χ1) is 8.27. The van der Waals surface area contributed by atoms with Gasteiger partial charge in [0, 0.05) is 24.8 Å². The lowest BCUT2D eigenvalue weighted by Gasteiger charge is -2.34. The molecule has 5 heteroatoms. The molecule has 0 spiro atoms. The van der Waals surface area contributed by atoms with Crippen LogP contribution in [0.4, 0.5) is 0 Å². The van der Waals surface area contributed by atoms with Crippen LogP contribution in [-0.4, -0.2) is 24.1 Å². The van der Waals surface area contributed by atoms with Crippen molar-refractivity contribution in [1.29, 1.82) is 0 Å². The van der Waals surface area contributed by atoms with Gasteiger partial charge in [-0.05, 0) is 19.3 Å². The molecular weight excluding hydrogens is 236 g/mol. The highest BCUT2D eigenvalue weighted by Gasteiger charge is 2.37. The Kier molecular flexibility index (Phi) is 4.12. The minimum absolute atomic E-state index is 0.151. The molecule has 0 unspecified atom stereocenters. The zero-order valence-electron chi connectivity index (χ0n) is 10.1. The molecular formula is C12H18N2O2S. The maximum absolute atomic E-state index is 12.3. The van der Waals surface area contributed by atoms with Crippen LogP contribution < -0.4 is 5.32 Å². The number of ether oxygens (including phenoxy) is 1. The molecule has 1 aromatic heterocycles. The van der Waals surface area contributed by atoms with Crippen molar-refractivity contribution >= 4 is 17.2 Å². The molecule has 94 valence electrons. The van der Waals surface area contributed by atoms with Crippen LogP contribution in [0.2, 0.25) is 0 Å². The maximum Gasteiger partial charge on any atom is 0.226 e. The van der Waals surface area contributed by atoms with Gasteiger partial charge in [0.2, 0.25) is 5.91 Å². The number of nitrogens with zero attached hydrogens (tertiary/aromatic N) is 1. The summed E-state index contributed by atoms with van der Waals surface area (Å²) >= 11 is 1.57. The third-order valence-electron chi connectivity index (χ3n) is 3.49. The Morgan fingerprint density at radius 2 is 2.35 bits per heavy atom. The fourth-order valence-corrected chi connectivity index (χ4v) is 2.74. The normalized spacial score (nSPS) is 18.9. The molecule has 4 nitrogen and oxygen atoms in total. The van der Waals surface area contributed by atoms with Gasteiger partial charge < -0.3 is 10.1 Å². The summed E-state index contributed by atoms with van der Waals surface area (Å²) in [7, 11) is 0. The number of rotatable bonds is 4. The van der Waals surface area contributed by atoms with Crippen LogP contribution in [0, 0.1) is 5.41 Å². The number of nitrogens with one attached hydrogen (secondary N) is 1. The van der Waals surface area contributed by atoms with Gasteiger partial charge in [-0.25, -0.2) is 4.98 Å². The predicted octanol–water partition coefficient (Wildman–Crippen LogP) is 1.97. The van der Waals surface area contributed by atoms with Crippen LogP contribution in [0.3, 0.4) is 0 Å². The molecule has 1 saturated heterocycles. The Labute approximate surface area is 105 Å². The Morgan fingerprint density at radius 3 is 2.94 bits per heavy atom. The second kappa shape index (κ2) is 5.60. The van der Waals surface area contributed by atoms with E-state index < -0.39 is 0 Å². The van der Waals surface area contributed by atoms with E-state index in [-0.39, 0.29) is 11.3 Å². The van der Waals surface area contributed by atoms with Gasteiger partial charge in [0.05, 0.1) is 12.0 Å². The summed E-state index contributed by atoms with van der Waals surface area (Å²) < 4.78 is 5.34. The maximum atomic E-state index is 12.3. The van der Waals surface area contributed by atoms with Crippen molar-refractivity contribution in [3.05, 3.63) is 16.6 Å². The lowest BCUT2D eigenvalue weighted by Crippen LogP contribution is -2.44. The SMILES string of the molecule is CCC1(C(=O)NCc2nccs2)CCOCC1. The Bertz CT molecular complexity index is 359. The van der Waals surface area contributed by atoms with Gasteiger partial charge in [-0.1, -0.05) is 6.92 Å². The van der Waals surface area contributed by atoms with Crippen LogP contribution in [0.1, 0.15) is 31.2 Å². The molecule has 0 aliphatic carbocycles. The van der Waals surface area contributed by atoms with E-state index in [1.165, 1.54) is 0 Å². The third-order valence-corrected chi connectivity index (χ3v) is 4.27. The fourth-order valence-electron chi connectivity index (χ4n) is 2.19. The summed E-state index contributed by atoms with van der Waals surface area (Å²) in [6.45, 7) is 4.00. The van der Waals surface area contributed by atoms with Gasteiger partial charge in [0.15, 0.2) is 0 Å². The number of carbonyl (C=O) groups excluding carboxylic acids is 1. The second-order valence-electron chi connectivity index (χ2n) is 4.35. The fraction of sp³-hybridized carbons (Fsp3) is 0.667. The highest BCUT2D eigenvalue weighted by atomic mass is 32.1. The summed E-state index contributed by atoms with van der Waals surface area (Å²) in [6, 6.07) is 0. The van der Waals surface area contributed by atoms with Gasteiger partial charge >= 0.3 is 0 Å². The lowest BCUT2D eigenvalue weighted by atomic mass is 9.77. The molecule has 17 heavy (non-hydrogen) atoms. The van der Waals surface area contributed by atoms with Crippen molar-refractivity contribution in [2.75, 3.05) is 13.2 Å². The molecule has 1 aliphatic heterocycles. The average Bonchev–Trinajstić information content (AvgIpc) is 2.90. The first kappa shape index (κ1) is 12.5. The minimum Gasteiger partial charge on any atom is -0.381 e. The number of hydrogen-bond acceptors (Lipinski definition) is 4. The molecule has 2 rings (SSSR count). The first-order valence-corrected chi connectivity index (χ1v) is 6.89. The summed E-state index contributed by atoms with van der Waals surface area (Å²) in [5.41, 5.74) is -0.227. The van der Waals surface area contributed by atoms with Gasteiger partial charge in [-0.3, -0.25) is 4.79 Å². The molecule has 0 aromatic carbocycles. The summed E-state index contributed by atoms with van der Waals surface area (Å²) in [4.78, 5) is 16.4. The van der Waals surface area contributed by atoms with Crippen molar-refractivity contribution in [2.24, 2.45) is 5.41 Å². The molecule has 1 aliphatic rings. The largest absolute Gasteiger partial charge is 0.381 e. The van der Waals surface area contributed by atoms with E-state index in [0.717, 1.165) is 24.3 Å². The number of thiazole rings is 1. The monoisotopic (exact) mass is 254 g/mol. The summed E-state index contributed by atoms with van der Waals surface area (Å²) in [5, 5.41) is 5.88. The molecule has 2 heterocycles. The number of hydrogen-bond donors (Lipinski definition) is 1. The number of carbonyl (C=O) groups is 1. The molecule has 0 saturated carbocycles. The van der Waals surface area contributed by atoms with Crippen LogP contribution in [0.5, 0.6) is 0 Å². The lowest BCUT2D eigenvalue weighted by molar-refractivity contribution is -0.137. The minimum atomic E-state index is -0.227. The van der Waals surface area contributed by atoms with Crippen molar-refractivity contribution in [3.8, 4) is 0 Å². The smallest absolute Gasteiger partial charge is 0.226 e. The van der Waals surface area contributed by atoms with E-state index in [1.54, 1.807) is 17.5 Å². The highest BCUT2D eigenvalue weighted by molar-refractivity contribution is 7.09. The van der Waals surface area contributed by atoms with Crippen molar-refractivity contribution < 1.29 is 9.53 Å². The summed E-state index contributed by atoms with van der Waals surface area (Å²) in [6.07, 6.45) is 4.29. The first-order valence-electron chi connectivity index (χ1n) is 6.01. The molecule has 0 radical (unpaired) electrons. The van der Waals surface area contributed by atoms with E-state index in [2.05, 4.69) is 17.2 Å². The molecule has 1 fully saturated rings. The predicted molar refractivity (Wildman–Crippen MR) is 66.7 cm³/mol. The third kappa shape index (κ3) is 2.84. The zero-order valence-corrected chi connectivity index (χ0v) is 10.9. The topological polar surface area (TPSA) is 51.2 Å². The number of amides is 1. The molecule has 0 atom stereocenters. The Balaban J connectivity index is 1.93. The molecule has 1 aromatic rings. The van der Waals surface area contributed by atoms with Crippen molar-refractivity contribution in [3.63, 3.8) is 0 Å². The van der Waals surface area contributed by atoms with E-state index in [1.807, 2.05) is 5.38 Å². The quantitative estimate of drug-likeness (QED) is 0.893. The molecule has 1 N–H and O–H groups in total. The van der Waals surface area contributed by atoms with E-state index in [9.17, 15) is 4.79 Å². The van der Waals surface area contributed by atoms with Crippen molar-refractivity contribution in [2.45, 2.75) is 32.7 Å². The molecule has 0 bridgehead atoms. The standard InChI is InChI=1S/C12H18N2O2S/c1-2-12(3-6-16-7-4-12)11(15)14-9-10-13-5-8-17-10/h5,8H,2-4,6-7,9H2,1H3,(H,14,15). The van der Waals surface area contributed by atoms with Crippen LogP contribution in [0.15, 0.2) is 11.6 Å². The van der Waals surface area contributed by atoms with Gasteiger partial charge in [-0.2, -0.15) is 0 Å². The van der Waals surface area contributed by atoms with Gasteiger partial charge in [-0.15, -0.1) is 11.3 Å². The van der Waals surface area contributed by atoms with Gasteiger partial charge in [0.1, 0.15) is 5.01 Å². The Hall–Kier alpha value is -0.940. The molecule has 1 amide bonds. The van der Waals surface area contributed by atoms with E-state index in [0.29, 0.717) is 19.8 Å². The Morgan fingerprint density at radius 1 is 1.59 bits per heavy atom. The average molecular weight is 254 g/mol. The summed E-state index contributed by atoms with van der Waals surface area (Å²) in [5.74, 6) is 0.151. The van der Waals surface area contributed by atoms with Crippen molar-refractivity contribution in [1.82, 2.24) is 10.3 Å². The van der Waals surface area contributed by atoms with E-state index >= 15 is 0 Å². The van der Waals surface area contributed by atoms with Gasteiger partial charge in [0.25, 0.3) is 0 Å². The number of aromatic nitrogens is 1. The highest BCUT2D eigenvalue weighted by Crippen LogP contribution is 2.34. The van der Waals surface area contributed by atoms with Crippen LogP contribution in [-0.2, 0) is 16.1 Å². The zero-order chi connectivity index (χ0) is 12.1. The van der Waals surface area contributed by atoms with Crippen LogP contribution >= 0.6 is 11.3 Å². The van der Waals surface area contributed by atoms with Crippen LogP contribution in [0.25, 0.3) is 0 Å². The second-order valence-corrected chi connectivity index (χ2v) is 5.33. The van der Waals surface area contributed by atoms with E-state index in [4.69, 9.17) is 4.74 Å².